The maximum Gasteiger partial charge on any atom is 0.309 e. The van der Waals surface area contributed by atoms with E-state index in [1.54, 1.807) is 16.3 Å². The Bertz CT molecular complexity index is 1450. The lowest BCUT2D eigenvalue weighted by molar-refractivity contribution is -0.142. The highest BCUT2D eigenvalue weighted by Gasteiger charge is 2.37. The number of hydrogen-bond acceptors (Lipinski definition) is 7. The molecule has 0 spiro atoms. The Morgan fingerprint density at radius 1 is 1.02 bits per heavy atom. The van der Waals surface area contributed by atoms with Crippen LogP contribution in [0.15, 0.2) is 64.5 Å². The van der Waals surface area contributed by atoms with Crippen LogP contribution in [0.3, 0.4) is 0 Å². The van der Waals surface area contributed by atoms with Crippen molar-refractivity contribution in [3.8, 4) is 5.69 Å². The van der Waals surface area contributed by atoms with Crippen LogP contribution in [-0.2, 0) is 40.3 Å². The molecule has 0 radical (unpaired) electrons. The van der Waals surface area contributed by atoms with Crippen LogP contribution in [0.1, 0.15) is 41.6 Å². The van der Waals surface area contributed by atoms with Crippen molar-refractivity contribution < 1.29 is 14.3 Å². The van der Waals surface area contributed by atoms with Crippen LogP contribution < -0.4 is 5.56 Å². The number of likely N-dealkylation sites (tertiary alicyclic amines) is 1. The zero-order chi connectivity index (χ0) is 27.6. The molecule has 3 heterocycles. The Morgan fingerprint density at radius 2 is 1.75 bits per heavy atom. The Morgan fingerprint density at radius 3 is 2.42 bits per heavy atom. The average Bonchev–Trinajstić information content (AvgIpc) is 2.93. The van der Waals surface area contributed by atoms with Gasteiger partial charge in [0.15, 0.2) is 5.16 Å². The minimum absolute atomic E-state index is 0.0543. The van der Waals surface area contributed by atoms with Crippen LogP contribution in [0, 0.1) is 5.92 Å². The van der Waals surface area contributed by atoms with E-state index in [2.05, 4.69) is 4.90 Å². The Kier molecular flexibility index (Phi) is 7.76. The van der Waals surface area contributed by atoms with Gasteiger partial charge in [0.05, 0.1) is 42.9 Å². The van der Waals surface area contributed by atoms with E-state index in [4.69, 9.17) is 9.72 Å². The van der Waals surface area contributed by atoms with Gasteiger partial charge in [-0.15, -0.1) is 0 Å². The Hall–Kier alpha value is -3.43. The van der Waals surface area contributed by atoms with Crippen LogP contribution in [0.25, 0.3) is 5.69 Å². The number of carbonyl (C=O) groups excluding carboxylic acids is 2. The van der Waals surface area contributed by atoms with E-state index in [0.717, 1.165) is 47.1 Å². The van der Waals surface area contributed by atoms with Crippen LogP contribution in [0.4, 0.5) is 0 Å². The molecule has 1 aliphatic carbocycles. The molecule has 2 aliphatic heterocycles. The van der Waals surface area contributed by atoms with Crippen molar-refractivity contribution in [3.05, 3.63) is 87.3 Å². The lowest BCUT2D eigenvalue weighted by atomic mass is 9.95. The number of carbonyl (C=O) groups is 2. The van der Waals surface area contributed by atoms with Gasteiger partial charge < -0.3 is 9.64 Å². The first-order chi connectivity index (χ1) is 19.5. The number of rotatable bonds is 8. The van der Waals surface area contributed by atoms with Gasteiger partial charge in [0.25, 0.3) is 5.56 Å². The number of methoxy groups -OCH3 is 1. The van der Waals surface area contributed by atoms with Crippen molar-refractivity contribution in [3.63, 3.8) is 0 Å². The molecule has 1 aromatic heterocycles. The zero-order valence-corrected chi connectivity index (χ0v) is 23.6. The molecule has 208 valence electrons. The van der Waals surface area contributed by atoms with Gasteiger partial charge in [-0.1, -0.05) is 60.6 Å². The molecule has 1 saturated heterocycles. The van der Waals surface area contributed by atoms with Crippen LogP contribution in [0.5, 0.6) is 0 Å². The number of amides is 1. The molecule has 40 heavy (non-hydrogen) atoms. The summed E-state index contributed by atoms with van der Waals surface area (Å²) in [6, 6.07) is 17.7. The SMILES string of the molecule is COC(=O)Cc1ccc(CN2CC(C(=O)N3CCc4nc(SC5CCC5)n(-c5ccccc5)c(=O)c4C3)C2)cc1. The second-order valence-corrected chi connectivity index (χ2v) is 12.2. The van der Waals surface area contributed by atoms with Gasteiger partial charge >= 0.3 is 5.97 Å². The number of hydrogen-bond donors (Lipinski definition) is 0. The fourth-order valence-corrected chi connectivity index (χ4v) is 6.86. The fourth-order valence-electron chi connectivity index (χ4n) is 5.54. The highest BCUT2D eigenvalue weighted by atomic mass is 32.2. The summed E-state index contributed by atoms with van der Waals surface area (Å²) in [6.45, 7) is 3.09. The van der Waals surface area contributed by atoms with E-state index in [-0.39, 0.29) is 29.8 Å². The van der Waals surface area contributed by atoms with Crippen LogP contribution in [0.2, 0.25) is 0 Å². The molecule has 1 amide bonds. The number of benzene rings is 2. The molecule has 1 saturated carbocycles. The van der Waals surface area contributed by atoms with Gasteiger partial charge in [0.1, 0.15) is 0 Å². The van der Waals surface area contributed by atoms with Crippen molar-refractivity contribution in [1.29, 1.82) is 0 Å². The van der Waals surface area contributed by atoms with Crippen LogP contribution >= 0.6 is 11.8 Å². The minimum atomic E-state index is -0.250. The van der Waals surface area contributed by atoms with Crippen molar-refractivity contribution in [2.75, 3.05) is 26.7 Å². The van der Waals surface area contributed by atoms with Gasteiger partial charge in [0.2, 0.25) is 5.91 Å². The van der Waals surface area contributed by atoms with E-state index in [0.29, 0.717) is 43.4 Å². The first-order valence-corrected chi connectivity index (χ1v) is 14.9. The summed E-state index contributed by atoms with van der Waals surface area (Å²) in [4.78, 5) is 47.8. The molecule has 0 unspecified atom stereocenters. The summed E-state index contributed by atoms with van der Waals surface area (Å²) in [5.74, 6) is -0.188. The number of para-hydroxylation sites is 1. The second-order valence-electron chi connectivity index (χ2n) is 10.9. The van der Waals surface area contributed by atoms with E-state index < -0.39 is 0 Å². The summed E-state index contributed by atoms with van der Waals surface area (Å²) in [5.41, 5.74) is 4.32. The summed E-state index contributed by atoms with van der Waals surface area (Å²) in [5, 5.41) is 1.29. The van der Waals surface area contributed by atoms with E-state index in [1.807, 2.05) is 59.5 Å². The topological polar surface area (TPSA) is 84.7 Å². The number of fused-ring (bicyclic) bond motifs is 1. The maximum absolute atomic E-state index is 13.8. The molecular formula is C31H34N4O4S. The first-order valence-electron chi connectivity index (χ1n) is 14.0. The molecule has 0 N–H and O–H groups in total. The van der Waals surface area contributed by atoms with Crippen LogP contribution in [-0.4, -0.2) is 63.2 Å². The number of esters is 1. The van der Waals surface area contributed by atoms with E-state index in [9.17, 15) is 14.4 Å². The molecule has 0 bridgehead atoms. The van der Waals surface area contributed by atoms with Gasteiger partial charge in [-0.2, -0.15) is 0 Å². The molecule has 3 aromatic rings. The number of nitrogens with zero attached hydrogens (tertiary/aromatic N) is 4. The average molecular weight is 559 g/mol. The van der Waals surface area contributed by atoms with E-state index in [1.165, 1.54) is 13.5 Å². The lowest BCUT2D eigenvalue weighted by Gasteiger charge is -2.41. The normalized spacial score (nSPS) is 17.6. The first kappa shape index (κ1) is 26.8. The summed E-state index contributed by atoms with van der Waals surface area (Å²) in [6.07, 6.45) is 4.43. The van der Waals surface area contributed by atoms with Crippen molar-refractivity contribution in [1.82, 2.24) is 19.4 Å². The quantitative estimate of drug-likeness (QED) is 0.309. The zero-order valence-electron chi connectivity index (χ0n) is 22.8. The molecule has 6 rings (SSSR count). The van der Waals surface area contributed by atoms with E-state index >= 15 is 0 Å². The number of thioether (sulfide) groups is 1. The smallest absolute Gasteiger partial charge is 0.309 e. The third-order valence-electron chi connectivity index (χ3n) is 8.16. The standard InChI is InChI=1S/C31H34N4O4S/c1-39-28(36)16-21-10-12-22(13-11-21)17-33-18-23(19-33)29(37)34-15-14-27-26(20-34)30(38)35(24-6-3-2-4-7-24)31(32-27)40-25-8-5-9-25/h2-4,6-7,10-13,23,25H,5,8-9,14-20H2,1H3. The highest BCUT2D eigenvalue weighted by Crippen LogP contribution is 2.36. The monoisotopic (exact) mass is 558 g/mol. The van der Waals surface area contributed by atoms with Gasteiger partial charge in [-0.05, 0) is 36.1 Å². The third kappa shape index (κ3) is 5.58. The maximum atomic E-state index is 13.8. The molecule has 3 aliphatic rings. The molecular weight excluding hydrogens is 524 g/mol. The van der Waals surface area contributed by atoms with Gasteiger partial charge in [-0.3, -0.25) is 23.9 Å². The molecule has 2 fully saturated rings. The third-order valence-corrected chi connectivity index (χ3v) is 9.45. The van der Waals surface area contributed by atoms with Crippen molar-refractivity contribution >= 4 is 23.6 Å². The number of aromatic nitrogens is 2. The predicted molar refractivity (Wildman–Crippen MR) is 153 cm³/mol. The van der Waals surface area contributed by atoms with Gasteiger partial charge in [-0.25, -0.2) is 4.98 Å². The van der Waals surface area contributed by atoms with Gasteiger partial charge in [0, 0.05) is 37.8 Å². The highest BCUT2D eigenvalue weighted by molar-refractivity contribution is 7.99. The van der Waals surface area contributed by atoms with Crippen molar-refractivity contribution in [2.24, 2.45) is 5.92 Å². The summed E-state index contributed by atoms with van der Waals surface area (Å²) in [7, 11) is 1.39. The lowest BCUT2D eigenvalue weighted by Crippen LogP contribution is -2.55. The molecule has 9 heteroatoms. The minimum Gasteiger partial charge on any atom is -0.469 e. The molecule has 0 atom stereocenters. The summed E-state index contributed by atoms with van der Waals surface area (Å²) < 4.78 is 6.48. The Balaban J connectivity index is 1.11. The van der Waals surface area contributed by atoms with Crippen molar-refractivity contribution in [2.45, 2.75) is 55.6 Å². The second kappa shape index (κ2) is 11.6. The molecule has 2 aromatic carbocycles. The fraction of sp³-hybridized carbons (Fsp3) is 0.419. The Labute approximate surface area is 238 Å². The summed E-state index contributed by atoms with van der Waals surface area (Å²) >= 11 is 1.71. The number of ether oxygens (including phenoxy) is 1. The largest absolute Gasteiger partial charge is 0.469 e. The molecule has 8 nitrogen and oxygen atoms in total. The predicted octanol–water partition coefficient (Wildman–Crippen LogP) is 3.61.